The van der Waals surface area contributed by atoms with Crippen molar-refractivity contribution in [2.45, 2.75) is 38.6 Å². The van der Waals surface area contributed by atoms with Gasteiger partial charge < -0.3 is 15.7 Å². The summed E-state index contributed by atoms with van der Waals surface area (Å²) in [7, 11) is 0. The minimum atomic E-state index is -1.15. The molecule has 0 aliphatic heterocycles. The van der Waals surface area contributed by atoms with Crippen molar-refractivity contribution >= 4 is 46.7 Å². The predicted molar refractivity (Wildman–Crippen MR) is 189 cm³/mol. The van der Waals surface area contributed by atoms with Crippen LogP contribution in [0.25, 0.3) is 22.3 Å². The zero-order valence-electron chi connectivity index (χ0n) is 26.8. The lowest BCUT2D eigenvalue weighted by molar-refractivity contribution is -0.137. The molecular formula is C39H32Cl2F2N2O4. The molecule has 3 N–H and O–H groups in total. The molecule has 0 saturated carbocycles. The van der Waals surface area contributed by atoms with Gasteiger partial charge in [-0.05, 0) is 87.3 Å². The maximum atomic E-state index is 14.0. The van der Waals surface area contributed by atoms with Crippen molar-refractivity contribution in [1.29, 1.82) is 0 Å². The van der Waals surface area contributed by atoms with Crippen LogP contribution in [0.1, 0.15) is 65.1 Å². The quantitative estimate of drug-likeness (QED) is 0.143. The van der Waals surface area contributed by atoms with Crippen LogP contribution in [0.5, 0.6) is 0 Å². The molecule has 0 heterocycles. The van der Waals surface area contributed by atoms with E-state index in [0.717, 1.165) is 5.56 Å². The highest BCUT2D eigenvalue weighted by Crippen LogP contribution is 2.31. The van der Waals surface area contributed by atoms with E-state index in [0.29, 0.717) is 33.4 Å². The maximum Gasteiger partial charge on any atom is 0.305 e. The predicted octanol–water partition coefficient (Wildman–Crippen LogP) is 10.1. The van der Waals surface area contributed by atoms with Gasteiger partial charge in [0.2, 0.25) is 0 Å². The minimum Gasteiger partial charge on any atom is -0.481 e. The molecule has 6 nitrogen and oxygen atoms in total. The van der Waals surface area contributed by atoms with Crippen LogP contribution in [-0.4, -0.2) is 22.9 Å². The Morgan fingerprint density at radius 3 is 1.73 bits per heavy atom. The van der Waals surface area contributed by atoms with Crippen LogP contribution in [-0.2, 0) is 10.2 Å². The van der Waals surface area contributed by atoms with Gasteiger partial charge in [0.05, 0.1) is 33.8 Å². The van der Waals surface area contributed by atoms with Crippen molar-refractivity contribution in [2.75, 3.05) is 5.32 Å². The SMILES string of the molecule is CC(C)(C)c1ccc(C(=O)Nc2ccc(-c3ccc(F)c(Cl)c3)cc2C(=O)NC(CC(=O)O)c2ccc(-c3ccc(F)c(Cl)c3)cc2)cc1. The first-order chi connectivity index (χ1) is 23.2. The minimum absolute atomic E-state index is 0.0347. The van der Waals surface area contributed by atoms with E-state index in [1.54, 1.807) is 54.6 Å². The first kappa shape index (κ1) is 35.3. The molecule has 0 aliphatic rings. The van der Waals surface area contributed by atoms with Crippen molar-refractivity contribution in [1.82, 2.24) is 5.32 Å². The number of anilines is 1. The van der Waals surface area contributed by atoms with Gasteiger partial charge in [-0.1, -0.05) is 98.6 Å². The molecular weight excluding hydrogens is 669 g/mol. The van der Waals surface area contributed by atoms with Crippen molar-refractivity contribution in [3.63, 3.8) is 0 Å². The van der Waals surface area contributed by atoms with E-state index in [1.807, 2.05) is 12.1 Å². The summed E-state index contributed by atoms with van der Waals surface area (Å²) < 4.78 is 27.6. The molecule has 2 amide bonds. The number of benzene rings is 5. The van der Waals surface area contributed by atoms with E-state index < -0.39 is 41.9 Å². The molecule has 0 fully saturated rings. The normalized spacial score (nSPS) is 11.9. The third-order valence-corrected chi connectivity index (χ3v) is 8.61. The van der Waals surface area contributed by atoms with Crippen molar-refractivity contribution < 1.29 is 28.3 Å². The second-order valence-corrected chi connectivity index (χ2v) is 13.4. The molecule has 5 aromatic rings. The Morgan fingerprint density at radius 1 is 0.694 bits per heavy atom. The standard InChI is InChI=1S/C39H32Cl2F2N2O4/c1-39(2,3)28-13-8-24(9-14-28)37(48)44-34-17-12-25(27-11-16-33(43)31(41)20-27)18-29(34)38(49)45-35(21-36(46)47)23-6-4-22(5-7-23)26-10-15-32(42)30(40)19-26/h4-20,35H,21H2,1-3H3,(H,44,48)(H,45,49)(H,46,47). The number of halogens is 4. The first-order valence-electron chi connectivity index (χ1n) is 15.3. The molecule has 1 atom stereocenters. The van der Waals surface area contributed by atoms with Crippen LogP contribution in [0, 0.1) is 11.6 Å². The van der Waals surface area contributed by atoms with E-state index in [9.17, 15) is 28.3 Å². The molecule has 5 rings (SSSR count). The van der Waals surface area contributed by atoms with E-state index in [4.69, 9.17) is 23.2 Å². The van der Waals surface area contributed by atoms with Gasteiger partial charge in [0, 0.05) is 5.56 Å². The van der Waals surface area contributed by atoms with Crippen LogP contribution < -0.4 is 10.6 Å². The van der Waals surface area contributed by atoms with Crippen LogP contribution in [0.2, 0.25) is 10.0 Å². The van der Waals surface area contributed by atoms with Gasteiger partial charge in [-0.3, -0.25) is 14.4 Å². The maximum absolute atomic E-state index is 14.0. The van der Waals surface area contributed by atoms with Gasteiger partial charge in [-0.25, -0.2) is 8.78 Å². The monoisotopic (exact) mass is 700 g/mol. The summed E-state index contributed by atoms with van der Waals surface area (Å²) in [6.07, 6.45) is -0.442. The fourth-order valence-corrected chi connectivity index (χ4v) is 5.62. The summed E-state index contributed by atoms with van der Waals surface area (Å²) >= 11 is 12.0. The molecule has 10 heteroatoms. The number of aliphatic carboxylic acids is 1. The number of nitrogens with one attached hydrogen (secondary N) is 2. The van der Waals surface area contributed by atoms with E-state index in [1.165, 1.54) is 36.4 Å². The lowest BCUT2D eigenvalue weighted by Gasteiger charge is -2.20. The summed E-state index contributed by atoms with van der Waals surface area (Å²) in [5.41, 5.74) is 4.43. The Bertz CT molecular complexity index is 2040. The third-order valence-electron chi connectivity index (χ3n) is 8.03. The zero-order chi connectivity index (χ0) is 35.5. The number of carboxylic acids is 1. The Kier molecular flexibility index (Phi) is 10.5. The van der Waals surface area contributed by atoms with Crippen molar-refractivity contribution in [2.24, 2.45) is 0 Å². The molecule has 49 heavy (non-hydrogen) atoms. The van der Waals surface area contributed by atoms with E-state index in [-0.39, 0.29) is 26.7 Å². The van der Waals surface area contributed by atoms with Gasteiger partial charge in [0.1, 0.15) is 11.6 Å². The van der Waals surface area contributed by atoms with Gasteiger partial charge in [-0.15, -0.1) is 0 Å². The summed E-state index contributed by atoms with van der Waals surface area (Å²) in [6.45, 7) is 6.20. The van der Waals surface area contributed by atoms with E-state index in [2.05, 4.69) is 31.4 Å². The molecule has 0 aromatic heterocycles. The van der Waals surface area contributed by atoms with Crippen LogP contribution in [0.4, 0.5) is 14.5 Å². The highest BCUT2D eigenvalue weighted by molar-refractivity contribution is 6.31. The average molecular weight is 702 g/mol. The van der Waals surface area contributed by atoms with Gasteiger partial charge in [0.15, 0.2) is 0 Å². The molecule has 0 radical (unpaired) electrons. The molecule has 1 unspecified atom stereocenters. The number of hydrogen-bond acceptors (Lipinski definition) is 3. The third kappa shape index (κ3) is 8.52. The molecule has 250 valence electrons. The number of amides is 2. The fourth-order valence-electron chi connectivity index (χ4n) is 5.26. The smallest absolute Gasteiger partial charge is 0.305 e. The Morgan fingerprint density at radius 2 is 1.20 bits per heavy atom. The van der Waals surface area contributed by atoms with Crippen molar-refractivity contribution in [3.8, 4) is 22.3 Å². The first-order valence-corrected chi connectivity index (χ1v) is 16.0. The Hall–Kier alpha value is -5.05. The number of carboxylic acid groups (broad SMARTS) is 1. The fraction of sp³-hybridized carbons (Fsp3) is 0.154. The van der Waals surface area contributed by atoms with Crippen LogP contribution >= 0.6 is 23.2 Å². The highest BCUT2D eigenvalue weighted by atomic mass is 35.5. The van der Waals surface area contributed by atoms with Crippen LogP contribution in [0.3, 0.4) is 0 Å². The number of carbonyl (C=O) groups is 3. The summed E-state index contributed by atoms with van der Waals surface area (Å²) in [4.78, 5) is 39.2. The zero-order valence-corrected chi connectivity index (χ0v) is 28.3. The molecule has 0 bridgehead atoms. The van der Waals surface area contributed by atoms with E-state index >= 15 is 0 Å². The van der Waals surface area contributed by atoms with Crippen LogP contribution in [0.15, 0.2) is 103 Å². The number of hydrogen-bond donors (Lipinski definition) is 3. The summed E-state index contributed by atoms with van der Waals surface area (Å²) in [5, 5.41) is 15.2. The second-order valence-electron chi connectivity index (χ2n) is 12.5. The number of rotatable bonds is 9. The topological polar surface area (TPSA) is 95.5 Å². The van der Waals surface area contributed by atoms with Crippen molar-refractivity contribution in [3.05, 3.63) is 147 Å². The average Bonchev–Trinajstić information content (AvgIpc) is 3.06. The summed E-state index contributed by atoms with van der Waals surface area (Å²) in [6, 6.07) is 26.2. The summed E-state index contributed by atoms with van der Waals surface area (Å²) in [5.74, 6) is -3.41. The van der Waals surface area contributed by atoms with Gasteiger partial charge in [0.25, 0.3) is 11.8 Å². The molecule has 0 spiro atoms. The molecule has 0 saturated heterocycles. The lowest BCUT2D eigenvalue weighted by atomic mass is 9.86. The largest absolute Gasteiger partial charge is 0.481 e. The lowest BCUT2D eigenvalue weighted by Crippen LogP contribution is -2.31. The Balaban J connectivity index is 1.48. The highest BCUT2D eigenvalue weighted by Gasteiger charge is 2.23. The number of carbonyl (C=O) groups excluding carboxylic acids is 2. The van der Waals surface area contributed by atoms with Gasteiger partial charge in [-0.2, -0.15) is 0 Å². The van der Waals surface area contributed by atoms with Gasteiger partial charge >= 0.3 is 5.97 Å². The Labute approximate surface area is 292 Å². The molecule has 5 aromatic carbocycles. The second kappa shape index (κ2) is 14.6. The molecule has 0 aliphatic carbocycles.